The lowest BCUT2D eigenvalue weighted by atomic mass is 10.0. The number of pyridine rings is 1. The van der Waals surface area contributed by atoms with Gasteiger partial charge in [0.05, 0.1) is 5.52 Å². The fourth-order valence-electron chi connectivity index (χ4n) is 2.60. The maximum Gasteiger partial charge on any atom is 0.0705 e. The van der Waals surface area contributed by atoms with Crippen LogP contribution in [0.5, 0.6) is 0 Å². The summed E-state index contributed by atoms with van der Waals surface area (Å²) in [7, 11) is 0. The molecule has 3 rings (SSSR count). The van der Waals surface area contributed by atoms with Gasteiger partial charge in [0.2, 0.25) is 0 Å². The van der Waals surface area contributed by atoms with Crippen molar-refractivity contribution in [2.24, 2.45) is 5.41 Å². The number of aromatic nitrogens is 1. The van der Waals surface area contributed by atoms with Crippen molar-refractivity contribution in [3.63, 3.8) is 0 Å². The third-order valence-electron chi connectivity index (χ3n) is 4.26. The highest BCUT2D eigenvalue weighted by Crippen LogP contribution is 2.47. The van der Waals surface area contributed by atoms with E-state index in [9.17, 15) is 0 Å². The fraction of sp³-hybridized carbons (Fsp3) is 0.438. The van der Waals surface area contributed by atoms with E-state index in [0.29, 0.717) is 5.41 Å². The number of nitrogens with zero attached hydrogens (tertiary/aromatic N) is 1. The average Bonchev–Trinajstić information content (AvgIpc) is 3.20. The van der Waals surface area contributed by atoms with Crippen molar-refractivity contribution in [2.75, 3.05) is 6.54 Å². The van der Waals surface area contributed by atoms with E-state index >= 15 is 0 Å². The van der Waals surface area contributed by atoms with Crippen molar-refractivity contribution in [3.05, 3.63) is 42.1 Å². The molecule has 0 unspecified atom stereocenters. The third-order valence-corrected chi connectivity index (χ3v) is 4.26. The first-order chi connectivity index (χ1) is 8.83. The second kappa shape index (κ2) is 4.69. The number of rotatable bonds is 5. The van der Waals surface area contributed by atoms with Gasteiger partial charge in [0.15, 0.2) is 0 Å². The Morgan fingerprint density at radius 1 is 1.22 bits per heavy atom. The van der Waals surface area contributed by atoms with Gasteiger partial charge >= 0.3 is 0 Å². The fourth-order valence-corrected chi connectivity index (χ4v) is 2.60. The van der Waals surface area contributed by atoms with Crippen LogP contribution >= 0.6 is 0 Å². The monoisotopic (exact) mass is 240 g/mol. The summed E-state index contributed by atoms with van der Waals surface area (Å²) in [6, 6.07) is 10.5. The van der Waals surface area contributed by atoms with Gasteiger partial charge in [0.25, 0.3) is 0 Å². The number of hydrogen-bond acceptors (Lipinski definition) is 2. The Hall–Kier alpha value is -1.41. The molecule has 1 fully saturated rings. The Bertz CT molecular complexity index is 538. The molecule has 0 radical (unpaired) electrons. The number of hydrogen-bond donors (Lipinski definition) is 1. The van der Waals surface area contributed by atoms with Crippen molar-refractivity contribution in [2.45, 2.75) is 32.7 Å². The molecule has 1 N–H and O–H groups in total. The molecule has 1 aliphatic rings. The van der Waals surface area contributed by atoms with Gasteiger partial charge in [0, 0.05) is 24.7 Å². The molecule has 18 heavy (non-hydrogen) atoms. The molecule has 1 heterocycles. The smallest absolute Gasteiger partial charge is 0.0705 e. The first-order valence-corrected chi connectivity index (χ1v) is 6.86. The number of para-hydroxylation sites is 1. The molecule has 0 atom stereocenters. The van der Waals surface area contributed by atoms with Crippen molar-refractivity contribution in [3.8, 4) is 0 Å². The lowest BCUT2D eigenvalue weighted by Gasteiger charge is -2.14. The molecule has 0 bridgehead atoms. The van der Waals surface area contributed by atoms with Crippen molar-refractivity contribution in [1.82, 2.24) is 10.3 Å². The topological polar surface area (TPSA) is 24.9 Å². The predicted molar refractivity (Wildman–Crippen MR) is 75.4 cm³/mol. The summed E-state index contributed by atoms with van der Waals surface area (Å²) < 4.78 is 0. The minimum atomic E-state index is 0.614. The standard InChI is InChI=1S/C16H20N2/c1-2-16(8-9-16)12-17-11-13-7-10-18-15-6-4-3-5-14(13)15/h3-7,10,17H,2,8-9,11-12H2,1H3. The Labute approximate surface area is 108 Å². The summed E-state index contributed by atoms with van der Waals surface area (Å²) in [4.78, 5) is 4.40. The van der Waals surface area contributed by atoms with Crippen LogP contribution in [0, 0.1) is 5.41 Å². The first-order valence-electron chi connectivity index (χ1n) is 6.86. The van der Waals surface area contributed by atoms with E-state index in [1.807, 2.05) is 12.3 Å². The van der Waals surface area contributed by atoms with Crippen LogP contribution in [0.25, 0.3) is 10.9 Å². The zero-order valence-electron chi connectivity index (χ0n) is 10.9. The summed E-state index contributed by atoms with van der Waals surface area (Å²) in [5.41, 5.74) is 3.06. The van der Waals surface area contributed by atoms with E-state index in [2.05, 4.69) is 41.5 Å². The molecule has 94 valence electrons. The van der Waals surface area contributed by atoms with E-state index in [0.717, 1.165) is 18.6 Å². The normalized spacial score (nSPS) is 16.9. The average molecular weight is 240 g/mol. The molecule has 1 aliphatic carbocycles. The highest BCUT2D eigenvalue weighted by Gasteiger charge is 2.39. The third kappa shape index (κ3) is 2.25. The van der Waals surface area contributed by atoms with Gasteiger partial charge in [-0.1, -0.05) is 25.1 Å². The van der Waals surface area contributed by atoms with E-state index in [4.69, 9.17) is 0 Å². The second-order valence-corrected chi connectivity index (χ2v) is 5.44. The Morgan fingerprint density at radius 3 is 2.83 bits per heavy atom. The van der Waals surface area contributed by atoms with Gasteiger partial charge in [0.1, 0.15) is 0 Å². The molecule has 0 spiro atoms. The molecular weight excluding hydrogens is 220 g/mol. The SMILES string of the molecule is CCC1(CNCc2ccnc3ccccc23)CC1. The summed E-state index contributed by atoms with van der Waals surface area (Å²) >= 11 is 0. The van der Waals surface area contributed by atoms with Gasteiger partial charge in [-0.05, 0) is 42.4 Å². The molecular formula is C16H20N2. The molecule has 2 aromatic rings. The molecule has 1 saturated carbocycles. The van der Waals surface area contributed by atoms with Crippen molar-refractivity contribution < 1.29 is 0 Å². The van der Waals surface area contributed by atoms with Crippen LogP contribution in [-0.2, 0) is 6.54 Å². The summed E-state index contributed by atoms with van der Waals surface area (Å²) in [5.74, 6) is 0. The van der Waals surface area contributed by atoms with Crippen LogP contribution in [-0.4, -0.2) is 11.5 Å². The quantitative estimate of drug-likeness (QED) is 0.865. The Balaban J connectivity index is 1.71. The van der Waals surface area contributed by atoms with Gasteiger partial charge in [-0.15, -0.1) is 0 Å². The predicted octanol–water partition coefficient (Wildman–Crippen LogP) is 3.51. The summed E-state index contributed by atoms with van der Waals surface area (Å²) in [6.07, 6.45) is 6.00. The van der Waals surface area contributed by atoms with Crippen LogP contribution in [0.2, 0.25) is 0 Å². The van der Waals surface area contributed by atoms with Crippen LogP contribution in [0.15, 0.2) is 36.5 Å². The molecule has 2 nitrogen and oxygen atoms in total. The van der Waals surface area contributed by atoms with Gasteiger partial charge in [-0.2, -0.15) is 0 Å². The minimum absolute atomic E-state index is 0.614. The number of fused-ring (bicyclic) bond motifs is 1. The highest BCUT2D eigenvalue weighted by molar-refractivity contribution is 5.81. The number of benzene rings is 1. The summed E-state index contributed by atoms with van der Waals surface area (Å²) in [5, 5.41) is 4.89. The van der Waals surface area contributed by atoms with Crippen LogP contribution < -0.4 is 5.32 Å². The van der Waals surface area contributed by atoms with Crippen LogP contribution in [0.1, 0.15) is 31.7 Å². The zero-order valence-corrected chi connectivity index (χ0v) is 10.9. The van der Waals surface area contributed by atoms with Crippen molar-refractivity contribution >= 4 is 10.9 Å². The number of nitrogens with one attached hydrogen (secondary N) is 1. The van der Waals surface area contributed by atoms with E-state index in [-0.39, 0.29) is 0 Å². The molecule has 1 aromatic heterocycles. The molecule has 1 aromatic carbocycles. The maximum atomic E-state index is 4.40. The largest absolute Gasteiger partial charge is 0.312 e. The maximum absolute atomic E-state index is 4.40. The van der Waals surface area contributed by atoms with E-state index in [1.54, 1.807) is 0 Å². The Morgan fingerprint density at radius 2 is 2.06 bits per heavy atom. The molecule has 2 heteroatoms. The van der Waals surface area contributed by atoms with E-state index < -0.39 is 0 Å². The van der Waals surface area contributed by atoms with Crippen LogP contribution in [0.4, 0.5) is 0 Å². The Kier molecular flexibility index (Phi) is 3.04. The van der Waals surface area contributed by atoms with Gasteiger partial charge < -0.3 is 5.32 Å². The van der Waals surface area contributed by atoms with E-state index in [1.165, 1.54) is 30.2 Å². The molecule has 0 amide bonds. The van der Waals surface area contributed by atoms with Crippen molar-refractivity contribution in [1.29, 1.82) is 0 Å². The molecule has 0 saturated heterocycles. The van der Waals surface area contributed by atoms with Gasteiger partial charge in [-0.25, -0.2) is 0 Å². The molecule has 0 aliphatic heterocycles. The summed E-state index contributed by atoms with van der Waals surface area (Å²) in [6.45, 7) is 4.40. The lowest BCUT2D eigenvalue weighted by molar-refractivity contribution is 0.444. The minimum Gasteiger partial charge on any atom is -0.312 e. The van der Waals surface area contributed by atoms with Crippen LogP contribution in [0.3, 0.4) is 0 Å². The van der Waals surface area contributed by atoms with Gasteiger partial charge in [-0.3, -0.25) is 4.98 Å². The zero-order chi connectivity index (χ0) is 12.4. The lowest BCUT2D eigenvalue weighted by Crippen LogP contribution is -2.23. The highest BCUT2D eigenvalue weighted by atomic mass is 14.9. The first kappa shape index (κ1) is 11.7. The second-order valence-electron chi connectivity index (χ2n) is 5.44.